The summed E-state index contributed by atoms with van der Waals surface area (Å²) in [5.74, 6) is -1.47. The van der Waals surface area contributed by atoms with Crippen molar-refractivity contribution in [3.63, 3.8) is 0 Å². The molecule has 2 atom stereocenters. The quantitative estimate of drug-likeness (QED) is 0.690. The number of hydrogen-bond donors (Lipinski definition) is 2. The van der Waals surface area contributed by atoms with Crippen LogP contribution in [0.2, 0.25) is 0 Å². The minimum absolute atomic E-state index is 0.104. The summed E-state index contributed by atoms with van der Waals surface area (Å²) >= 11 is 0. The second-order valence-corrected chi connectivity index (χ2v) is 5.82. The van der Waals surface area contributed by atoms with Crippen molar-refractivity contribution in [3.8, 4) is 0 Å². The Morgan fingerprint density at radius 3 is 2.69 bits per heavy atom. The Hall–Kier alpha value is -0.660. The molecule has 94 valence electrons. The summed E-state index contributed by atoms with van der Waals surface area (Å²) in [5, 5.41) is 8.41. The number of methoxy groups -OCH3 is 1. The minimum Gasteiger partial charge on any atom is -0.481 e. The van der Waals surface area contributed by atoms with E-state index in [2.05, 4.69) is 4.72 Å². The smallest absolute Gasteiger partial charge is 0.304 e. The van der Waals surface area contributed by atoms with Crippen molar-refractivity contribution in [2.24, 2.45) is 0 Å². The molecule has 1 fully saturated rings. The van der Waals surface area contributed by atoms with E-state index in [4.69, 9.17) is 9.84 Å². The van der Waals surface area contributed by atoms with Crippen molar-refractivity contribution in [3.05, 3.63) is 0 Å². The summed E-state index contributed by atoms with van der Waals surface area (Å²) in [4.78, 5) is 10.3. The average Bonchev–Trinajstić information content (AvgIpc) is 2.62. The number of carboxylic acids is 1. The molecule has 2 unspecified atom stereocenters. The molecule has 0 aromatic heterocycles. The molecule has 0 aliphatic heterocycles. The van der Waals surface area contributed by atoms with Crippen molar-refractivity contribution in [2.45, 2.75) is 37.8 Å². The van der Waals surface area contributed by atoms with E-state index < -0.39 is 16.0 Å². The summed E-state index contributed by atoms with van der Waals surface area (Å²) in [6.45, 7) is 0. The van der Waals surface area contributed by atoms with Gasteiger partial charge in [-0.1, -0.05) is 0 Å². The van der Waals surface area contributed by atoms with Gasteiger partial charge in [0.2, 0.25) is 10.0 Å². The van der Waals surface area contributed by atoms with E-state index in [9.17, 15) is 13.2 Å². The van der Waals surface area contributed by atoms with Crippen molar-refractivity contribution < 1.29 is 23.1 Å². The predicted octanol–water partition coefficient (Wildman–Crippen LogP) is -0.0520. The van der Waals surface area contributed by atoms with E-state index in [1.54, 1.807) is 7.11 Å². The number of carbonyl (C=O) groups is 1. The van der Waals surface area contributed by atoms with Crippen LogP contribution >= 0.6 is 0 Å². The molecule has 0 spiro atoms. The topological polar surface area (TPSA) is 92.7 Å². The molecule has 0 bridgehead atoms. The zero-order chi connectivity index (χ0) is 12.2. The average molecular weight is 251 g/mol. The second kappa shape index (κ2) is 5.60. The fraction of sp³-hybridized carbons (Fsp3) is 0.889. The highest BCUT2D eigenvalue weighted by molar-refractivity contribution is 7.89. The molecule has 0 amide bonds. The molecule has 7 heteroatoms. The van der Waals surface area contributed by atoms with Crippen LogP contribution in [-0.4, -0.2) is 44.5 Å². The monoisotopic (exact) mass is 251 g/mol. The first-order valence-electron chi connectivity index (χ1n) is 5.17. The van der Waals surface area contributed by atoms with Gasteiger partial charge in [0.25, 0.3) is 0 Å². The van der Waals surface area contributed by atoms with Gasteiger partial charge in [-0.3, -0.25) is 4.79 Å². The fourth-order valence-electron chi connectivity index (χ4n) is 1.80. The van der Waals surface area contributed by atoms with Gasteiger partial charge in [-0.15, -0.1) is 0 Å². The number of nitrogens with one attached hydrogen (secondary N) is 1. The Bertz CT molecular complexity index is 340. The molecule has 16 heavy (non-hydrogen) atoms. The van der Waals surface area contributed by atoms with E-state index in [-0.39, 0.29) is 24.3 Å². The van der Waals surface area contributed by atoms with E-state index in [1.807, 2.05) is 0 Å². The van der Waals surface area contributed by atoms with Crippen molar-refractivity contribution in [1.29, 1.82) is 0 Å². The second-order valence-electron chi connectivity index (χ2n) is 3.95. The lowest BCUT2D eigenvalue weighted by molar-refractivity contribution is -0.136. The maximum Gasteiger partial charge on any atom is 0.304 e. The van der Waals surface area contributed by atoms with Crippen LogP contribution in [0.4, 0.5) is 0 Å². The SMILES string of the molecule is COC1CCC(NS(=O)(=O)CCC(=O)O)C1. The molecule has 0 radical (unpaired) electrons. The van der Waals surface area contributed by atoms with E-state index in [0.717, 1.165) is 12.8 Å². The molecule has 6 nitrogen and oxygen atoms in total. The van der Waals surface area contributed by atoms with Gasteiger partial charge in [0.15, 0.2) is 0 Å². The van der Waals surface area contributed by atoms with Gasteiger partial charge in [-0.25, -0.2) is 13.1 Å². The van der Waals surface area contributed by atoms with Crippen LogP contribution in [0.25, 0.3) is 0 Å². The summed E-state index contributed by atoms with van der Waals surface area (Å²) < 4.78 is 30.6. The first-order chi connectivity index (χ1) is 7.43. The van der Waals surface area contributed by atoms with Crippen LogP contribution in [-0.2, 0) is 19.6 Å². The summed E-state index contributed by atoms with van der Waals surface area (Å²) in [6, 6.07) is -0.122. The largest absolute Gasteiger partial charge is 0.481 e. The number of hydrogen-bond acceptors (Lipinski definition) is 4. The van der Waals surface area contributed by atoms with Gasteiger partial charge >= 0.3 is 5.97 Å². The molecule has 1 rings (SSSR count). The molecule has 1 aliphatic carbocycles. The third-order valence-electron chi connectivity index (χ3n) is 2.65. The van der Waals surface area contributed by atoms with Gasteiger partial charge in [-0.2, -0.15) is 0 Å². The van der Waals surface area contributed by atoms with E-state index in [0.29, 0.717) is 6.42 Å². The Kier molecular flexibility index (Phi) is 4.69. The van der Waals surface area contributed by atoms with Crippen LogP contribution < -0.4 is 4.72 Å². The molecule has 1 saturated carbocycles. The van der Waals surface area contributed by atoms with Crippen molar-refractivity contribution in [1.82, 2.24) is 4.72 Å². The molecule has 0 aromatic rings. The highest BCUT2D eigenvalue weighted by Crippen LogP contribution is 2.21. The Morgan fingerprint density at radius 1 is 1.50 bits per heavy atom. The summed E-state index contributed by atoms with van der Waals surface area (Å²) in [6.07, 6.45) is 1.97. The zero-order valence-corrected chi connectivity index (χ0v) is 10.00. The summed E-state index contributed by atoms with van der Waals surface area (Å²) in [5.41, 5.74) is 0. The Balaban J connectivity index is 2.38. The van der Waals surface area contributed by atoms with Crippen LogP contribution in [0.1, 0.15) is 25.7 Å². The van der Waals surface area contributed by atoms with Gasteiger partial charge in [0.1, 0.15) is 0 Å². The molecule has 0 heterocycles. The number of carboxylic acid groups (broad SMARTS) is 1. The minimum atomic E-state index is -3.48. The normalized spacial score (nSPS) is 25.8. The first-order valence-corrected chi connectivity index (χ1v) is 6.83. The van der Waals surface area contributed by atoms with Crippen LogP contribution in [0.15, 0.2) is 0 Å². The maximum atomic E-state index is 11.5. The lowest BCUT2D eigenvalue weighted by Crippen LogP contribution is -2.35. The molecule has 1 aliphatic rings. The van der Waals surface area contributed by atoms with Crippen molar-refractivity contribution in [2.75, 3.05) is 12.9 Å². The number of aliphatic carboxylic acids is 1. The predicted molar refractivity (Wildman–Crippen MR) is 57.6 cm³/mol. The third kappa shape index (κ3) is 4.46. The Labute approximate surface area is 95.0 Å². The Morgan fingerprint density at radius 2 is 2.19 bits per heavy atom. The lowest BCUT2D eigenvalue weighted by Gasteiger charge is -2.12. The van der Waals surface area contributed by atoms with Gasteiger partial charge in [0, 0.05) is 13.2 Å². The standard InChI is InChI=1S/C9H17NO5S/c1-15-8-3-2-7(6-8)10-16(13,14)5-4-9(11)12/h7-8,10H,2-6H2,1H3,(H,11,12). The zero-order valence-electron chi connectivity index (χ0n) is 9.18. The van der Waals surface area contributed by atoms with Crippen LogP contribution in [0, 0.1) is 0 Å². The maximum absolute atomic E-state index is 11.5. The highest BCUT2D eigenvalue weighted by atomic mass is 32.2. The molecular formula is C9H17NO5S. The summed E-state index contributed by atoms with van der Waals surface area (Å²) in [7, 11) is -1.87. The van der Waals surface area contributed by atoms with Crippen LogP contribution in [0.5, 0.6) is 0 Å². The molecule has 2 N–H and O–H groups in total. The third-order valence-corrected chi connectivity index (χ3v) is 4.08. The van der Waals surface area contributed by atoms with E-state index >= 15 is 0 Å². The number of ether oxygens (including phenoxy) is 1. The highest BCUT2D eigenvalue weighted by Gasteiger charge is 2.27. The molecule has 0 aromatic carbocycles. The number of sulfonamides is 1. The van der Waals surface area contributed by atoms with Gasteiger partial charge in [0.05, 0.1) is 18.3 Å². The van der Waals surface area contributed by atoms with Crippen LogP contribution in [0.3, 0.4) is 0 Å². The van der Waals surface area contributed by atoms with Gasteiger partial charge in [-0.05, 0) is 19.3 Å². The molecular weight excluding hydrogens is 234 g/mol. The molecule has 0 saturated heterocycles. The number of rotatable bonds is 6. The first kappa shape index (κ1) is 13.4. The van der Waals surface area contributed by atoms with E-state index in [1.165, 1.54) is 0 Å². The lowest BCUT2D eigenvalue weighted by atomic mass is 10.3. The van der Waals surface area contributed by atoms with Crippen molar-refractivity contribution >= 4 is 16.0 Å². The fourth-order valence-corrected chi connectivity index (χ4v) is 3.08. The van der Waals surface area contributed by atoms with Gasteiger partial charge < -0.3 is 9.84 Å².